The number of hydrogen-bond acceptors (Lipinski definition) is 5. The molecule has 1 aliphatic heterocycles. The SMILES string of the molecule is CC(C)N(CCC(=O)Nc1ccc(N2CCN(C)CC2)cc1)S(C)(=O)=O. The van der Waals surface area contributed by atoms with Gasteiger partial charge in [-0.15, -0.1) is 0 Å². The molecule has 1 heterocycles. The maximum atomic E-state index is 12.1. The third-order valence-corrected chi connectivity index (χ3v) is 6.04. The van der Waals surface area contributed by atoms with Crippen LogP contribution < -0.4 is 10.2 Å². The second kappa shape index (κ2) is 8.83. The molecule has 7 nitrogen and oxygen atoms in total. The second-order valence-electron chi connectivity index (χ2n) is 7.10. The molecular weight excluding hydrogens is 352 g/mol. The van der Waals surface area contributed by atoms with E-state index in [1.165, 1.54) is 10.6 Å². The van der Waals surface area contributed by atoms with Crippen LogP contribution in [0.5, 0.6) is 0 Å². The summed E-state index contributed by atoms with van der Waals surface area (Å²) in [5.41, 5.74) is 1.88. The Hall–Kier alpha value is -1.64. The summed E-state index contributed by atoms with van der Waals surface area (Å²) in [5, 5.41) is 2.84. The third kappa shape index (κ3) is 5.96. The Balaban J connectivity index is 1.87. The van der Waals surface area contributed by atoms with Gasteiger partial charge in [-0.25, -0.2) is 8.42 Å². The number of nitrogens with zero attached hydrogens (tertiary/aromatic N) is 3. The Morgan fingerprint density at radius 3 is 2.23 bits per heavy atom. The summed E-state index contributed by atoms with van der Waals surface area (Å²) in [6.45, 7) is 7.88. The lowest BCUT2D eigenvalue weighted by atomic mass is 10.2. The minimum absolute atomic E-state index is 0.130. The first-order chi connectivity index (χ1) is 12.2. The van der Waals surface area contributed by atoms with Gasteiger partial charge in [0, 0.05) is 56.6 Å². The highest BCUT2D eigenvalue weighted by molar-refractivity contribution is 7.88. The fourth-order valence-corrected chi connectivity index (χ4v) is 4.25. The molecule has 8 heteroatoms. The van der Waals surface area contributed by atoms with Gasteiger partial charge in [-0.05, 0) is 45.2 Å². The van der Waals surface area contributed by atoms with Crippen LogP contribution in [0.1, 0.15) is 20.3 Å². The molecule has 0 saturated carbocycles. The maximum Gasteiger partial charge on any atom is 0.225 e. The van der Waals surface area contributed by atoms with E-state index in [2.05, 4.69) is 22.2 Å². The van der Waals surface area contributed by atoms with E-state index in [9.17, 15) is 13.2 Å². The largest absolute Gasteiger partial charge is 0.369 e. The molecule has 1 saturated heterocycles. The van der Waals surface area contributed by atoms with Crippen LogP contribution >= 0.6 is 0 Å². The summed E-state index contributed by atoms with van der Waals surface area (Å²) in [5.74, 6) is -0.188. The van der Waals surface area contributed by atoms with Gasteiger partial charge in [0.1, 0.15) is 0 Å². The highest BCUT2D eigenvalue weighted by Crippen LogP contribution is 2.19. The van der Waals surface area contributed by atoms with E-state index in [4.69, 9.17) is 0 Å². The zero-order chi connectivity index (χ0) is 19.3. The fourth-order valence-electron chi connectivity index (χ4n) is 3.06. The van der Waals surface area contributed by atoms with Crippen molar-refractivity contribution < 1.29 is 13.2 Å². The first-order valence-corrected chi connectivity index (χ1v) is 10.8. The average molecular weight is 383 g/mol. The monoisotopic (exact) mass is 382 g/mol. The summed E-state index contributed by atoms with van der Waals surface area (Å²) in [6, 6.07) is 7.64. The molecule has 2 rings (SSSR count). The standard InChI is InChI=1S/C18H30N4O3S/c1-15(2)22(26(4,24)25)10-9-18(23)19-16-5-7-17(8-6-16)21-13-11-20(3)12-14-21/h5-8,15H,9-14H2,1-4H3,(H,19,23). The van der Waals surface area contributed by atoms with E-state index in [1.54, 1.807) is 13.8 Å². The number of carbonyl (C=O) groups excluding carboxylic acids is 1. The van der Waals surface area contributed by atoms with Crippen molar-refractivity contribution in [1.82, 2.24) is 9.21 Å². The van der Waals surface area contributed by atoms with E-state index in [0.29, 0.717) is 0 Å². The molecule has 146 valence electrons. The van der Waals surface area contributed by atoms with Gasteiger partial charge in [0.15, 0.2) is 0 Å². The Morgan fingerprint density at radius 2 is 1.73 bits per heavy atom. The summed E-state index contributed by atoms with van der Waals surface area (Å²) in [6.07, 6.45) is 1.30. The lowest BCUT2D eigenvalue weighted by Gasteiger charge is -2.34. The van der Waals surface area contributed by atoms with Crippen LogP contribution in [0.25, 0.3) is 0 Å². The molecule has 1 fully saturated rings. The normalized spacial score (nSPS) is 16.3. The number of carbonyl (C=O) groups is 1. The first-order valence-electron chi connectivity index (χ1n) is 8.97. The van der Waals surface area contributed by atoms with E-state index < -0.39 is 10.0 Å². The fraction of sp³-hybridized carbons (Fsp3) is 0.611. The molecular formula is C18H30N4O3S. The van der Waals surface area contributed by atoms with Crippen molar-refractivity contribution in [1.29, 1.82) is 0 Å². The predicted octanol–water partition coefficient (Wildman–Crippen LogP) is 1.44. The molecule has 0 aromatic heterocycles. The smallest absolute Gasteiger partial charge is 0.225 e. The zero-order valence-corrected chi connectivity index (χ0v) is 16.9. The molecule has 1 N–H and O–H groups in total. The Kier molecular flexibility index (Phi) is 7.02. The van der Waals surface area contributed by atoms with E-state index in [0.717, 1.165) is 37.6 Å². The predicted molar refractivity (Wildman–Crippen MR) is 106 cm³/mol. The van der Waals surface area contributed by atoms with Crippen LogP contribution in [0, 0.1) is 0 Å². The lowest BCUT2D eigenvalue weighted by molar-refractivity contribution is -0.116. The second-order valence-corrected chi connectivity index (χ2v) is 9.04. The summed E-state index contributed by atoms with van der Waals surface area (Å²) in [4.78, 5) is 16.8. The highest BCUT2D eigenvalue weighted by atomic mass is 32.2. The first kappa shape index (κ1) is 20.7. The number of nitrogens with one attached hydrogen (secondary N) is 1. The number of likely N-dealkylation sites (N-methyl/N-ethyl adjacent to an activating group) is 1. The quantitative estimate of drug-likeness (QED) is 0.772. The van der Waals surface area contributed by atoms with Gasteiger partial charge < -0.3 is 15.1 Å². The van der Waals surface area contributed by atoms with Crippen LogP contribution in [0.2, 0.25) is 0 Å². The summed E-state index contributed by atoms with van der Waals surface area (Å²) < 4.78 is 24.8. The molecule has 1 amide bonds. The number of sulfonamides is 1. The highest BCUT2D eigenvalue weighted by Gasteiger charge is 2.21. The molecule has 0 bridgehead atoms. The van der Waals surface area contributed by atoms with Crippen molar-refractivity contribution in [3.63, 3.8) is 0 Å². The van der Waals surface area contributed by atoms with Gasteiger partial charge in [0.05, 0.1) is 6.26 Å². The van der Waals surface area contributed by atoms with Gasteiger partial charge in [-0.3, -0.25) is 4.79 Å². The number of benzene rings is 1. The van der Waals surface area contributed by atoms with Crippen molar-refractivity contribution in [2.75, 3.05) is 56.2 Å². The molecule has 1 aliphatic rings. The number of amides is 1. The van der Waals surface area contributed by atoms with Crippen LogP contribution in [-0.4, -0.2) is 75.6 Å². The minimum atomic E-state index is -3.31. The van der Waals surface area contributed by atoms with Crippen molar-refractivity contribution >= 4 is 27.3 Å². The topological polar surface area (TPSA) is 73.0 Å². The molecule has 0 radical (unpaired) electrons. The van der Waals surface area contributed by atoms with Crippen LogP contribution in [0.15, 0.2) is 24.3 Å². The lowest BCUT2D eigenvalue weighted by Crippen LogP contribution is -2.44. The molecule has 1 aromatic rings. The van der Waals surface area contributed by atoms with Gasteiger partial charge in [0.2, 0.25) is 15.9 Å². The van der Waals surface area contributed by atoms with Crippen LogP contribution in [-0.2, 0) is 14.8 Å². The zero-order valence-electron chi connectivity index (χ0n) is 16.1. The Bertz CT molecular complexity index is 696. The Morgan fingerprint density at radius 1 is 1.15 bits per heavy atom. The van der Waals surface area contributed by atoms with Crippen LogP contribution in [0.4, 0.5) is 11.4 Å². The van der Waals surface area contributed by atoms with Crippen molar-refractivity contribution in [3.05, 3.63) is 24.3 Å². The number of hydrogen-bond donors (Lipinski definition) is 1. The number of anilines is 2. The molecule has 0 atom stereocenters. The minimum Gasteiger partial charge on any atom is -0.369 e. The number of piperazine rings is 1. The van der Waals surface area contributed by atoms with Crippen molar-refractivity contribution in [2.24, 2.45) is 0 Å². The van der Waals surface area contributed by atoms with E-state index in [1.807, 2.05) is 24.3 Å². The maximum absolute atomic E-state index is 12.1. The Labute approximate surface area is 157 Å². The molecule has 0 aliphatic carbocycles. The van der Waals surface area contributed by atoms with Gasteiger partial charge in [0.25, 0.3) is 0 Å². The third-order valence-electron chi connectivity index (χ3n) is 4.58. The van der Waals surface area contributed by atoms with Crippen molar-refractivity contribution in [3.8, 4) is 0 Å². The molecule has 0 spiro atoms. The molecule has 1 aromatic carbocycles. The van der Waals surface area contributed by atoms with Gasteiger partial charge >= 0.3 is 0 Å². The number of rotatable bonds is 7. The van der Waals surface area contributed by atoms with Gasteiger partial charge in [-0.2, -0.15) is 4.31 Å². The van der Waals surface area contributed by atoms with Crippen LogP contribution in [0.3, 0.4) is 0 Å². The van der Waals surface area contributed by atoms with Gasteiger partial charge in [-0.1, -0.05) is 0 Å². The van der Waals surface area contributed by atoms with E-state index >= 15 is 0 Å². The van der Waals surface area contributed by atoms with E-state index in [-0.39, 0.29) is 24.9 Å². The summed E-state index contributed by atoms with van der Waals surface area (Å²) in [7, 11) is -1.19. The van der Waals surface area contributed by atoms with Crippen molar-refractivity contribution in [2.45, 2.75) is 26.3 Å². The molecule has 26 heavy (non-hydrogen) atoms. The summed E-state index contributed by atoms with van der Waals surface area (Å²) >= 11 is 0. The molecule has 0 unspecified atom stereocenters. The average Bonchev–Trinajstić information content (AvgIpc) is 2.55.